The van der Waals surface area contributed by atoms with Crippen LogP contribution in [-0.2, 0) is 4.79 Å². The van der Waals surface area contributed by atoms with Crippen molar-refractivity contribution >= 4 is 29.1 Å². The average molecular weight is 364 g/mol. The van der Waals surface area contributed by atoms with Crippen LogP contribution in [0.25, 0.3) is 0 Å². The molecular formula is C20H20N4O3. The molecule has 1 atom stereocenters. The zero-order chi connectivity index (χ0) is 19.2. The van der Waals surface area contributed by atoms with E-state index in [2.05, 4.69) is 21.1 Å². The van der Waals surface area contributed by atoms with Crippen molar-refractivity contribution in [2.45, 2.75) is 19.9 Å². The minimum atomic E-state index is -0.518. The van der Waals surface area contributed by atoms with Crippen molar-refractivity contribution in [1.29, 1.82) is 0 Å². The Hall–Kier alpha value is -3.61. The number of hydrogen-bond donors (Lipinski definition) is 3. The van der Waals surface area contributed by atoms with Crippen molar-refractivity contribution in [2.24, 2.45) is 0 Å². The summed E-state index contributed by atoms with van der Waals surface area (Å²) in [5.74, 6) is -0.154. The lowest BCUT2D eigenvalue weighted by Gasteiger charge is -2.15. The van der Waals surface area contributed by atoms with Crippen LogP contribution in [0.1, 0.15) is 23.0 Å². The molecule has 0 spiro atoms. The summed E-state index contributed by atoms with van der Waals surface area (Å²) >= 11 is 0. The fourth-order valence-corrected chi connectivity index (χ4v) is 2.45. The molecule has 0 unspecified atom stereocenters. The van der Waals surface area contributed by atoms with Gasteiger partial charge in [-0.05, 0) is 44.2 Å². The van der Waals surface area contributed by atoms with Gasteiger partial charge in [-0.2, -0.15) is 0 Å². The van der Waals surface area contributed by atoms with E-state index in [1.54, 1.807) is 50.2 Å². The maximum atomic E-state index is 12.2. The third-order valence-electron chi connectivity index (χ3n) is 3.81. The van der Waals surface area contributed by atoms with Crippen LogP contribution in [0.4, 0.5) is 17.3 Å². The van der Waals surface area contributed by atoms with E-state index >= 15 is 0 Å². The average Bonchev–Trinajstić information content (AvgIpc) is 3.07. The molecule has 3 rings (SSSR count). The number of hydrogen-bond acceptors (Lipinski definition) is 5. The Kier molecular flexibility index (Phi) is 5.51. The molecule has 3 aromatic rings. The summed E-state index contributed by atoms with van der Waals surface area (Å²) < 4.78 is 4.98. The summed E-state index contributed by atoms with van der Waals surface area (Å²) in [6, 6.07) is 17.3. The first kappa shape index (κ1) is 18.2. The van der Waals surface area contributed by atoms with Gasteiger partial charge in [0.25, 0.3) is 5.91 Å². The summed E-state index contributed by atoms with van der Waals surface area (Å²) in [5, 5.41) is 12.3. The van der Waals surface area contributed by atoms with Crippen LogP contribution in [0.3, 0.4) is 0 Å². The number of rotatable bonds is 6. The molecule has 0 bridgehead atoms. The number of nitrogens with one attached hydrogen (secondary N) is 3. The van der Waals surface area contributed by atoms with Crippen LogP contribution in [0.15, 0.2) is 65.2 Å². The van der Waals surface area contributed by atoms with Crippen molar-refractivity contribution < 1.29 is 14.1 Å². The number of carbonyl (C=O) groups excluding carboxylic acids is 2. The van der Waals surface area contributed by atoms with Gasteiger partial charge >= 0.3 is 0 Å². The molecule has 7 nitrogen and oxygen atoms in total. The number of anilines is 3. The monoisotopic (exact) mass is 364 g/mol. The van der Waals surface area contributed by atoms with Gasteiger partial charge in [-0.1, -0.05) is 29.4 Å². The Bertz CT molecular complexity index is 937. The first-order chi connectivity index (χ1) is 13.0. The van der Waals surface area contributed by atoms with Gasteiger partial charge in [0.05, 0.1) is 5.69 Å². The number of benzene rings is 2. The zero-order valence-corrected chi connectivity index (χ0v) is 15.0. The molecule has 0 saturated heterocycles. The summed E-state index contributed by atoms with van der Waals surface area (Å²) in [5.41, 5.74) is 2.60. The van der Waals surface area contributed by atoms with E-state index in [1.165, 1.54) is 0 Å². The molecule has 0 aliphatic carbocycles. The third kappa shape index (κ3) is 4.94. The lowest BCUT2D eigenvalue weighted by molar-refractivity contribution is -0.116. The van der Waals surface area contributed by atoms with E-state index in [1.807, 2.05) is 24.3 Å². The molecule has 138 valence electrons. The highest BCUT2D eigenvalue weighted by molar-refractivity contribution is 6.04. The second kappa shape index (κ2) is 8.18. The van der Waals surface area contributed by atoms with Gasteiger partial charge in [0.2, 0.25) is 11.8 Å². The highest BCUT2D eigenvalue weighted by Crippen LogP contribution is 2.17. The molecule has 0 aliphatic heterocycles. The van der Waals surface area contributed by atoms with E-state index in [0.717, 1.165) is 0 Å². The number of aromatic nitrogens is 1. The molecule has 0 saturated carbocycles. The first-order valence-corrected chi connectivity index (χ1v) is 8.48. The Balaban J connectivity index is 1.61. The Morgan fingerprint density at radius 2 is 1.70 bits per heavy atom. The SMILES string of the molecule is Cc1cc(NC(=O)[C@H](C)Nc2cccc(NC(=O)c3ccccc3)c2)on1. The minimum Gasteiger partial charge on any atom is -0.374 e. The number of nitrogens with zero attached hydrogens (tertiary/aromatic N) is 1. The van der Waals surface area contributed by atoms with Gasteiger partial charge < -0.3 is 15.2 Å². The van der Waals surface area contributed by atoms with E-state index in [0.29, 0.717) is 28.5 Å². The molecule has 3 N–H and O–H groups in total. The maximum absolute atomic E-state index is 12.2. The van der Waals surface area contributed by atoms with Crippen LogP contribution in [0.5, 0.6) is 0 Å². The predicted molar refractivity (Wildman–Crippen MR) is 104 cm³/mol. The fourth-order valence-electron chi connectivity index (χ4n) is 2.45. The zero-order valence-electron chi connectivity index (χ0n) is 15.0. The van der Waals surface area contributed by atoms with Crippen molar-refractivity contribution in [3.8, 4) is 0 Å². The van der Waals surface area contributed by atoms with Gasteiger partial charge in [0.15, 0.2) is 0 Å². The lowest BCUT2D eigenvalue weighted by Crippen LogP contribution is -2.31. The third-order valence-corrected chi connectivity index (χ3v) is 3.81. The summed E-state index contributed by atoms with van der Waals surface area (Å²) in [6.07, 6.45) is 0. The molecule has 0 fully saturated rings. The molecule has 0 aliphatic rings. The molecule has 2 aromatic carbocycles. The van der Waals surface area contributed by atoms with Gasteiger partial charge in [0.1, 0.15) is 6.04 Å². The first-order valence-electron chi connectivity index (χ1n) is 8.48. The lowest BCUT2D eigenvalue weighted by atomic mass is 10.2. The quantitative estimate of drug-likeness (QED) is 0.620. The molecule has 27 heavy (non-hydrogen) atoms. The summed E-state index contributed by atoms with van der Waals surface area (Å²) in [6.45, 7) is 3.50. The van der Waals surface area contributed by atoms with Crippen LogP contribution in [0.2, 0.25) is 0 Å². The highest BCUT2D eigenvalue weighted by Gasteiger charge is 2.15. The van der Waals surface area contributed by atoms with Crippen LogP contribution in [0, 0.1) is 6.92 Å². The van der Waals surface area contributed by atoms with Crippen LogP contribution in [-0.4, -0.2) is 23.0 Å². The van der Waals surface area contributed by atoms with E-state index in [-0.39, 0.29) is 11.8 Å². The van der Waals surface area contributed by atoms with Gasteiger partial charge in [0, 0.05) is 23.0 Å². The van der Waals surface area contributed by atoms with Crippen molar-refractivity contribution in [3.63, 3.8) is 0 Å². The standard InChI is InChI=1S/C20H20N4O3/c1-13-11-18(27-24-13)23-19(25)14(2)21-16-9-6-10-17(12-16)22-20(26)15-7-4-3-5-8-15/h3-12,14,21H,1-2H3,(H,22,26)(H,23,25)/t14-/m0/s1. The topological polar surface area (TPSA) is 96.3 Å². The van der Waals surface area contributed by atoms with Crippen molar-refractivity contribution in [2.75, 3.05) is 16.0 Å². The number of aryl methyl sites for hydroxylation is 1. The van der Waals surface area contributed by atoms with Gasteiger partial charge in [-0.25, -0.2) is 0 Å². The Morgan fingerprint density at radius 3 is 2.41 bits per heavy atom. The molecule has 0 radical (unpaired) electrons. The summed E-state index contributed by atoms with van der Waals surface area (Å²) in [7, 11) is 0. The maximum Gasteiger partial charge on any atom is 0.255 e. The molecule has 7 heteroatoms. The normalized spacial score (nSPS) is 11.5. The molecule has 1 aromatic heterocycles. The van der Waals surface area contributed by atoms with Gasteiger partial charge in [-0.15, -0.1) is 0 Å². The van der Waals surface area contributed by atoms with Crippen LogP contribution >= 0.6 is 0 Å². The number of carbonyl (C=O) groups is 2. The van der Waals surface area contributed by atoms with E-state index < -0.39 is 6.04 Å². The second-order valence-electron chi connectivity index (χ2n) is 6.09. The largest absolute Gasteiger partial charge is 0.374 e. The highest BCUT2D eigenvalue weighted by atomic mass is 16.5. The second-order valence-corrected chi connectivity index (χ2v) is 6.09. The smallest absolute Gasteiger partial charge is 0.255 e. The minimum absolute atomic E-state index is 0.195. The summed E-state index contributed by atoms with van der Waals surface area (Å²) in [4.78, 5) is 24.5. The van der Waals surface area contributed by atoms with Crippen molar-refractivity contribution in [1.82, 2.24) is 5.16 Å². The Morgan fingerprint density at radius 1 is 0.963 bits per heavy atom. The Labute approximate surface area is 156 Å². The van der Waals surface area contributed by atoms with E-state index in [9.17, 15) is 9.59 Å². The van der Waals surface area contributed by atoms with Crippen LogP contribution < -0.4 is 16.0 Å². The van der Waals surface area contributed by atoms with Gasteiger partial charge in [-0.3, -0.25) is 14.9 Å². The van der Waals surface area contributed by atoms with E-state index in [4.69, 9.17) is 4.52 Å². The molecule has 2 amide bonds. The molecule has 1 heterocycles. The molecular weight excluding hydrogens is 344 g/mol. The fraction of sp³-hybridized carbons (Fsp3) is 0.150. The van der Waals surface area contributed by atoms with Crippen molar-refractivity contribution in [3.05, 3.63) is 71.9 Å². The predicted octanol–water partition coefficient (Wildman–Crippen LogP) is 3.67. The number of amides is 2.